The van der Waals surface area contributed by atoms with E-state index in [4.69, 9.17) is 11.6 Å². The molecule has 124 valence electrons. The summed E-state index contributed by atoms with van der Waals surface area (Å²) >= 11 is 6.19. The number of imidazole rings is 1. The van der Waals surface area contributed by atoms with Crippen LogP contribution in [0.3, 0.4) is 0 Å². The molecule has 1 aliphatic heterocycles. The van der Waals surface area contributed by atoms with Crippen LogP contribution in [0.5, 0.6) is 0 Å². The van der Waals surface area contributed by atoms with Crippen LogP contribution in [0.2, 0.25) is 5.02 Å². The number of nitrogens with zero attached hydrogens (tertiary/aromatic N) is 7. The summed E-state index contributed by atoms with van der Waals surface area (Å²) in [6.45, 7) is 2.93. The molecule has 0 aliphatic carbocycles. The summed E-state index contributed by atoms with van der Waals surface area (Å²) in [6, 6.07) is 0. The van der Waals surface area contributed by atoms with Crippen LogP contribution in [0.15, 0.2) is 23.6 Å². The van der Waals surface area contributed by atoms with Gasteiger partial charge in [-0.2, -0.15) is 5.10 Å². The number of fused-ring (bicyclic) bond motifs is 1. The van der Waals surface area contributed by atoms with E-state index in [2.05, 4.69) is 34.8 Å². The van der Waals surface area contributed by atoms with Gasteiger partial charge in [0.05, 0.1) is 18.2 Å². The van der Waals surface area contributed by atoms with Gasteiger partial charge in [0.1, 0.15) is 16.9 Å². The number of hydrogen-bond acceptors (Lipinski definition) is 7. The van der Waals surface area contributed by atoms with Gasteiger partial charge >= 0.3 is 0 Å². The van der Waals surface area contributed by atoms with Crippen molar-refractivity contribution in [2.75, 3.05) is 36.0 Å². The van der Waals surface area contributed by atoms with Gasteiger partial charge in [-0.1, -0.05) is 11.6 Å². The van der Waals surface area contributed by atoms with Crippen molar-refractivity contribution in [3.63, 3.8) is 0 Å². The van der Waals surface area contributed by atoms with E-state index in [0.717, 1.165) is 24.4 Å². The van der Waals surface area contributed by atoms with E-state index >= 15 is 0 Å². The molecule has 0 unspecified atom stereocenters. The fraction of sp³-hybridized carbons (Fsp3) is 0.357. The Morgan fingerprint density at radius 3 is 2.67 bits per heavy atom. The maximum atomic E-state index is 11.9. The summed E-state index contributed by atoms with van der Waals surface area (Å²) < 4.78 is 1.23. The Morgan fingerprint density at radius 1 is 1.12 bits per heavy atom. The Hall–Kier alpha value is -2.68. The van der Waals surface area contributed by atoms with Crippen LogP contribution >= 0.6 is 11.6 Å². The molecule has 10 heteroatoms. The van der Waals surface area contributed by atoms with Gasteiger partial charge in [0.2, 0.25) is 0 Å². The van der Waals surface area contributed by atoms with Crippen LogP contribution in [0.25, 0.3) is 11.2 Å². The van der Waals surface area contributed by atoms with Crippen LogP contribution in [0.4, 0.5) is 11.5 Å². The maximum absolute atomic E-state index is 11.9. The first-order chi connectivity index (χ1) is 11.6. The summed E-state index contributed by atoms with van der Waals surface area (Å²) in [7, 11) is 1.58. The van der Waals surface area contributed by atoms with E-state index < -0.39 is 0 Å². The molecule has 9 nitrogen and oxygen atoms in total. The average molecular weight is 347 g/mol. The van der Waals surface area contributed by atoms with Crippen molar-refractivity contribution in [1.82, 2.24) is 29.7 Å². The SMILES string of the molecule is Cn1ncc(N2CCN(c3ncnc4nc[nH]c34)CC2)c(Cl)c1=O. The number of piperazine rings is 1. The molecule has 1 aliphatic rings. The average Bonchev–Trinajstić information content (AvgIpc) is 3.09. The number of hydrogen-bond donors (Lipinski definition) is 1. The molecule has 1 fully saturated rings. The number of aromatic nitrogens is 6. The number of anilines is 2. The van der Waals surface area contributed by atoms with Crippen molar-refractivity contribution in [3.05, 3.63) is 34.2 Å². The van der Waals surface area contributed by atoms with Gasteiger partial charge in [0.25, 0.3) is 5.56 Å². The van der Waals surface area contributed by atoms with Gasteiger partial charge in [-0.05, 0) is 0 Å². The Balaban J connectivity index is 1.56. The minimum Gasteiger partial charge on any atom is -0.365 e. The summed E-state index contributed by atoms with van der Waals surface area (Å²) in [5, 5.41) is 4.26. The van der Waals surface area contributed by atoms with Crippen LogP contribution in [0.1, 0.15) is 0 Å². The third-order valence-electron chi connectivity index (χ3n) is 4.18. The fourth-order valence-electron chi connectivity index (χ4n) is 2.87. The monoisotopic (exact) mass is 346 g/mol. The van der Waals surface area contributed by atoms with Crippen molar-refractivity contribution in [2.24, 2.45) is 7.05 Å². The van der Waals surface area contributed by atoms with Gasteiger partial charge in [-0.15, -0.1) is 0 Å². The highest BCUT2D eigenvalue weighted by molar-refractivity contribution is 6.33. The van der Waals surface area contributed by atoms with Crippen LogP contribution in [-0.2, 0) is 7.05 Å². The third-order valence-corrected chi connectivity index (χ3v) is 4.54. The maximum Gasteiger partial charge on any atom is 0.287 e. The first kappa shape index (κ1) is 14.9. The molecule has 0 bridgehead atoms. The Bertz CT molecular complexity index is 943. The number of aromatic amines is 1. The highest BCUT2D eigenvalue weighted by Gasteiger charge is 2.23. The molecule has 1 saturated heterocycles. The molecule has 4 heterocycles. The molecule has 0 saturated carbocycles. The Labute approximate surface area is 141 Å². The second kappa shape index (κ2) is 5.75. The fourth-order valence-corrected chi connectivity index (χ4v) is 3.16. The zero-order valence-corrected chi connectivity index (χ0v) is 13.7. The van der Waals surface area contributed by atoms with Crippen LogP contribution < -0.4 is 15.4 Å². The Kier molecular flexibility index (Phi) is 3.57. The molecule has 0 radical (unpaired) electrons. The predicted octanol–water partition coefficient (Wildman–Crippen LogP) is 0.427. The third kappa shape index (κ3) is 2.37. The molecule has 0 spiro atoms. The highest BCUT2D eigenvalue weighted by Crippen LogP contribution is 2.25. The first-order valence-corrected chi connectivity index (χ1v) is 7.88. The van der Waals surface area contributed by atoms with E-state index in [-0.39, 0.29) is 10.6 Å². The van der Waals surface area contributed by atoms with Crippen molar-refractivity contribution in [3.8, 4) is 0 Å². The van der Waals surface area contributed by atoms with E-state index in [0.29, 0.717) is 24.4 Å². The molecule has 1 N–H and O–H groups in total. The van der Waals surface area contributed by atoms with Gasteiger partial charge in [-0.25, -0.2) is 19.6 Å². The van der Waals surface area contributed by atoms with E-state index in [1.807, 2.05) is 0 Å². The zero-order chi connectivity index (χ0) is 16.7. The minimum atomic E-state index is -0.286. The van der Waals surface area contributed by atoms with Crippen molar-refractivity contribution in [1.29, 1.82) is 0 Å². The summed E-state index contributed by atoms with van der Waals surface area (Å²) in [4.78, 5) is 31.9. The quantitative estimate of drug-likeness (QED) is 0.718. The number of rotatable bonds is 2. The number of H-pyrrole nitrogens is 1. The summed E-state index contributed by atoms with van der Waals surface area (Å²) in [5.74, 6) is 0.838. The number of halogens is 1. The van der Waals surface area contributed by atoms with E-state index in [1.54, 1.807) is 19.6 Å². The van der Waals surface area contributed by atoms with Gasteiger partial charge < -0.3 is 14.8 Å². The first-order valence-electron chi connectivity index (χ1n) is 7.51. The zero-order valence-electron chi connectivity index (χ0n) is 13.0. The lowest BCUT2D eigenvalue weighted by atomic mass is 10.2. The molecular formula is C14H15ClN8O. The van der Waals surface area contributed by atoms with Gasteiger partial charge in [0, 0.05) is 33.2 Å². The molecular weight excluding hydrogens is 332 g/mol. The van der Waals surface area contributed by atoms with Crippen molar-refractivity contribution in [2.45, 2.75) is 0 Å². The molecule has 4 rings (SSSR count). The normalized spacial score (nSPS) is 15.2. The molecule has 0 atom stereocenters. The highest BCUT2D eigenvalue weighted by atomic mass is 35.5. The number of aryl methyl sites for hydroxylation is 1. The summed E-state index contributed by atoms with van der Waals surface area (Å²) in [5.41, 5.74) is 1.88. The second-order valence-electron chi connectivity index (χ2n) is 5.55. The molecule has 3 aromatic rings. The molecule has 24 heavy (non-hydrogen) atoms. The van der Waals surface area contributed by atoms with Crippen molar-refractivity contribution >= 4 is 34.3 Å². The van der Waals surface area contributed by atoms with Crippen molar-refractivity contribution < 1.29 is 0 Å². The minimum absolute atomic E-state index is 0.207. The topological polar surface area (TPSA) is 95.8 Å². The Morgan fingerprint density at radius 2 is 1.88 bits per heavy atom. The van der Waals surface area contributed by atoms with E-state index in [9.17, 15) is 4.79 Å². The van der Waals surface area contributed by atoms with E-state index in [1.165, 1.54) is 11.0 Å². The van der Waals surface area contributed by atoms with Crippen LogP contribution in [0, 0.1) is 0 Å². The number of nitrogens with one attached hydrogen (secondary N) is 1. The predicted molar refractivity (Wildman–Crippen MR) is 90.6 cm³/mol. The molecule has 0 amide bonds. The second-order valence-corrected chi connectivity index (χ2v) is 5.92. The summed E-state index contributed by atoms with van der Waals surface area (Å²) in [6.07, 6.45) is 4.77. The standard InChI is InChI=1S/C14H15ClN8O/c1-21-14(24)10(15)9(6-20-21)22-2-4-23(5-3-22)13-11-12(17-7-16-11)18-8-19-13/h6-8H,2-5H2,1H3,(H,16,17,18,19). The molecule has 0 aromatic carbocycles. The smallest absolute Gasteiger partial charge is 0.287 e. The van der Waals surface area contributed by atoms with Crippen LogP contribution in [-0.4, -0.2) is 55.9 Å². The van der Waals surface area contributed by atoms with Gasteiger partial charge in [-0.3, -0.25) is 4.79 Å². The largest absolute Gasteiger partial charge is 0.365 e. The van der Waals surface area contributed by atoms with Gasteiger partial charge in [0.15, 0.2) is 11.5 Å². The molecule has 3 aromatic heterocycles. The lowest BCUT2D eigenvalue weighted by Gasteiger charge is -2.36. The lowest BCUT2D eigenvalue weighted by Crippen LogP contribution is -2.47. The lowest BCUT2D eigenvalue weighted by molar-refractivity contribution is 0.639.